The molecule has 2 fully saturated rings. The van der Waals surface area contributed by atoms with Crippen molar-refractivity contribution in [3.63, 3.8) is 0 Å². The average molecular weight is 240 g/mol. The third-order valence-corrected chi connectivity index (χ3v) is 4.69. The molecule has 1 heterocycles. The van der Waals surface area contributed by atoms with Crippen molar-refractivity contribution in [2.24, 2.45) is 11.7 Å². The normalized spacial score (nSPS) is 35.3. The van der Waals surface area contributed by atoms with Crippen molar-refractivity contribution < 1.29 is 4.74 Å². The van der Waals surface area contributed by atoms with Gasteiger partial charge in [0.2, 0.25) is 0 Å². The van der Waals surface area contributed by atoms with Crippen molar-refractivity contribution in [1.82, 2.24) is 4.90 Å². The second kappa shape index (κ2) is 5.25. The molecule has 0 aromatic carbocycles. The van der Waals surface area contributed by atoms with Crippen LogP contribution in [0.25, 0.3) is 0 Å². The smallest absolute Gasteiger partial charge is 0.0675 e. The molecule has 3 nitrogen and oxygen atoms in total. The summed E-state index contributed by atoms with van der Waals surface area (Å²) in [6.45, 7) is 9.42. The Labute approximate surface area is 106 Å². The van der Waals surface area contributed by atoms with Crippen LogP contribution in [0, 0.1) is 5.92 Å². The van der Waals surface area contributed by atoms with E-state index >= 15 is 0 Å². The molecule has 1 aliphatic carbocycles. The molecule has 0 bridgehead atoms. The molecule has 0 radical (unpaired) electrons. The third kappa shape index (κ3) is 2.83. The van der Waals surface area contributed by atoms with Gasteiger partial charge in [0.1, 0.15) is 0 Å². The van der Waals surface area contributed by atoms with E-state index in [1.54, 1.807) is 0 Å². The van der Waals surface area contributed by atoms with Crippen molar-refractivity contribution in [2.75, 3.05) is 19.7 Å². The lowest BCUT2D eigenvalue weighted by molar-refractivity contribution is -0.0953. The first kappa shape index (κ1) is 13.3. The van der Waals surface area contributed by atoms with Gasteiger partial charge in [-0.15, -0.1) is 0 Å². The minimum absolute atomic E-state index is 0.169. The van der Waals surface area contributed by atoms with Crippen LogP contribution in [0.3, 0.4) is 0 Å². The van der Waals surface area contributed by atoms with Gasteiger partial charge >= 0.3 is 0 Å². The molecular formula is C14H28N2O. The molecule has 3 heteroatoms. The lowest BCUT2D eigenvalue weighted by Gasteiger charge is -2.50. The number of nitrogens with zero attached hydrogens (tertiary/aromatic N) is 1. The van der Waals surface area contributed by atoms with E-state index in [1.807, 2.05) is 0 Å². The fourth-order valence-electron chi connectivity index (χ4n) is 3.29. The van der Waals surface area contributed by atoms with Crippen LogP contribution < -0.4 is 5.73 Å². The lowest BCUT2D eigenvalue weighted by Crippen LogP contribution is -2.61. The molecule has 0 aromatic heterocycles. The van der Waals surface area contributed by atoms with Crippen LogP contribution in [0.2, 0.25) is 0 Å². The summed E-state index contributed by atoms with van der Waals surface area (Å²) < 4.78 is 5.72. The molecular weight excluding hydrogens is 212 g/mol. The summed E-state index contributed by atoms with van der Waals surface area (Å²) in [7, 11) is 0. The van der Waals surface area contributed by atoms with Crippen LogP contribution >= 0.6 is 0 Å². The summed E-state index contributed by atoms with van der Waals surface area (Å²) in [5.74, 6) is 0.911. The number of hydrogen-bond donors (Lipinski definition) is 1. The van der Waals surface area contributed by atoms with Gasteiger partial charge in [0.05, 0.1) is 12.7 Å². The fraction of sp³-hybridized carbons (Fsp3) is 1.00. The molecule has 1 aliphatic heterocycles. The second-order valence-electron chi connectivity index (χ2n) is 6.35. The zero-order valence-electron chi connectivity index (χ0n) is 11.6. The monoisotopic (exact) mass is 240 g/mol. The summed E-state index contributed by atoms with van der Waals surface area (Å²) in [6.07, 6.45) is 5.84. The van der Waals surface area contributed by atoms with E-state index in [4.69, 9.17) is 10.5 Å². The standard InChI is InChI=1S/C14H28N2O/c1-11-9-17-12(2)8-16(11)14(3,10-15)7-13-5-4-6-13/h11-13H,4-10,15H2,1-3H3. The Balaban J connectivity index is 2.02. The molecule has 100 valence electrons. The van der Waals surface area contributed by atoms with E-state index in [-0.39, 0.29) is 5.54 Å². The van der Waals surface area contributed by atoms with Gasteiger partial charge in [-0.1, -0.05) is 19.3 Å². The van der Waals surface area contributed by atoms with E-state index in [0.29, 0.717) is 12.1 Å². The summed E-state index contributed by atoms with van der Waals surface area (Å²) in [5, 5.41) is 0. The highest BCUT2D eigenvalue weighted by atomic mass is 16.5. The predicted molar refractivity (Wildman–Crippen MR) is 71.0 cm³/mol. The van der Waals surface area contributed by atoms with Crippen molar-refractivity contribution in [2.45, 2.75) is 64.1 Å². The SMILES string of the molecule is CC1CN(C(C)(CN)CC2CCC2)C(C)CO1. The molecule has 0 aromatic rings. The summed E-state index contributed by atoms with van der Waals surface area (Å²) in [5.41, 5.74) is 6.26. The Morgan fingerprint density at radius 2 is 2.06 bits per heavy atom. The Bertz CT molecular complexity index is 255. The van der Waals surface area contributed by atoms with Gasteiger partial charge in [-0.3, -0.25) is 4.90 Å². The molecule has 2 N–H and O–H groups in total. The number of rotatable bonds is 4. The zero-order chi connectivity index (χ0) is 12.5. The number of morpholine rings is 1. The van der Waals surface area contributed by atoms with Crippen LogP contribution in [-0.2, 0) is 4.74 Å². The van der Waals surface area contributed by atoms with Gasteiger partial charge < -0.3 is 10.5 Å². The Kier molecular flexibility index (Phi) is 4.11. The van der Waals surface area contributed by atoms with E-state index < -0.39 is 0 Å². The number of hydrogen-bond acceptors (Lipinski definition) is 3. The Morgan fingerprint density at radius 3 is 2.59 bits per heavy atom. The summed E-state index contributed by atoms with van der Waals surface area (Å²) in [6, 6.07) is 0.500. The highest BCUT2D eigenvalue weighted by Gasteiger charge is 2.39. The summed E-state index contributed by atoms with van der Waals surface area (Å²) >= 11 is 0. The quantitative estimate of drug-likeness (QED) is 0.817. The summed E-state index contributed by atoms with van der Waals surface area (Å²) in [4.78, 5) is 2.60. The van der Waals surface area contributed by atoms with Crippen LogP contribution in [0.15, 0.2) is 0 Å². The molecule has 2 rings (SSSR count). The minimum atomic E-state index is 0.169. The van der Waals surface area contributed by atoms with Crippen molar-refractivity contribution in [1.29, 1.82) is 0 Å². The van der Waals surface area contributed by atoms with E-state index in [9.17, 15) is 0 Å². The maximum Gasteiger partial charge on any atom is 0.0675 e. The van der Waals surface area contributed by atoms with Crippen molar-refractivity contribution in [3.05, 3.63) is 0 Å². The first-order valence-electron chi connectivity index (χ1n) is 7.13. The van der Waals surface area contributed by atoms with Crippen LogP contribution in [0.4, 0.5) is 0 Å². The Morgan fingerprint density at radius 1 is 1.35 bits per heavy atom. The highest BCUT2D eigenvalue weighted by molar-refractivity contribution is 4.95. The molecule has 0 spiro atoms. The Hall–Kier alpha value is -0.120. The number of nitrogens with two attached hydrogens (primary N) is 1. The highest BCUT2D eigenvalue weighted by Crippen LogP contribution is 2.37. The van der Waals surface area contributed by atoms with Crippen LogP contribution in [0.5, 0.6) is 0 Å². The third-order valence-electron chi connectivity index (χ3n) is 4.69. The van der Waals surface area contributed by atoms with E-state index in [1.165, 1.54) is 25.7 Å². The molecule has 17 heavy (non-hydrogen) atoms. The lowest BCUT2D eigenvalue weighted by atomic mass is 9.75. The van der Waals surface area contributed by atoms with Gasteiger partial charge in [0, 0.05) is 24.7 Å². The maximum atomic E-state index is 6.09. The van der Waals surface area contributed by atoms with Gasteiger partial charge in [-0.05, 0) is 33.1 Å². The maximum absolute atomic E-state index is 6.09. The second-order valence-corrected chi connectivity index (χ2v) is 6.35. The molecule has 0 amide bonds. The molecule has 3 unspecified atom stereocenters. The first-order valence-corrected chi connectivity index (χ1v) is 7.13. The number of ether oxygens (including phenoxy) is 1. The molecule has 1 saturated heterocycles. The molecule has 2 aliphatic rings. The van der Waals surface area contributed by atoms with Crippen molar-refractivity contribution >= 4 is 0 Å². The van der Waals surface area contributed by atoms with Crippen LogP contribution in [0.1, 0.15) is 46.5 Å². The van der Waals surface area contributed by atoms with Gasteiger partial charge in [-0.25, -0.2) is 0 Å². The van der Waals surface area contributed by atoms with E-state index in [0.717, 1.165) is 25.6 Å². The largest absolute Gasteiger partial charge is 0.376 e. The minimum Gasteiger partial charge on any atom is -0.376 e. The fourth-order valence-corrected chi connectivity index (χ4v) is 3.29. The van der Waals surface area contributed by atoms with Gasteiger partial charge in [-0.2, -0.15) is 0 Å². The predicted octanol–water partition coefficient (Wildman–Crippen LogP) is 2.00. The van der Waals surface area contributed by atoms with Crippen LogP contribution in [-0.4, -0.2) is 42.3 Å². The molecule has 3 atom stereocenters. The molecule has 1 saturated carbocycles. The first-order chi connectivity index (χ1) is 8.05. The topological polar surface area (TPSA) is 38.5 Å². The van der Waals surface area contributed by atoms with Gasteiger partial charge in [0.25, 0.3) is 0 Å². The zero-order valence-corrected chi connectivity index (χ0v) is 11.6. The van der Waals surface area contributed by atoms with Crippen molar-refractivity contribution in [3.8, 4) is 0 Å². The average Bonchev–Trinajstić information content (AvgIpc) is 2.27. The van der Waals surface area contributed by atoms with E-state index in [2.05, 4.69) is 25.7 Å². The van der Waals surface area contributed by atoms with Gasteiger partial charge in [0.15, 0.2) is 0 Å².